The van der Waals surface area contributed by atoms with Gasteiger partial charge in [0.15, 0.2) is 0 Å². The summed E-state index contributed by atoms with van der Waals surface area (Å²) in [5.74, 6) is 0.563. The van der Waals surface area contributed by atoms with Gasteiger partial charge in [0.05, 0.1) is 13.7 Å². The molecule has 0 fully saturated rings. The second-order valence-corrected chi connectivity index (χ2v) is 4.42. The fourth-order valence-electron chi connectivity index (χ4n) is 1.34. The van der Waals surface area contributed by atoms with Gasteiger partial charge in [-0.3, -0.25) is 4.79 Å². The first-order valence-corrected chi connectivity index (χ1v) is 6.25. The van der Waals surface area contributed by atoms with Crippen LogP contribution in [0.15, 0.2) is 28.7 Å². The van der Waals surface area contributed by atoms with Crippen LogP contribution in [0.25, 0.3) is 6.08 Å². The van der Waals surface area contributed by atoms with Gasteiger partial charge in [-0.1, -0.05) is 15.9 Å². The Bertz CT molecular complexity index is 432. The monoisotopic (exact) mass is 313 g/mol. The lowest BCUT2D eigenvalue weighted by Crippen LogP contribution is -2.24. The Labute approximate surface area is 115 Å². The zero-order valence-electron chi connectivity index (χ0n) is 10.4. The van der Waals surface area contributed by atoms with Crippen molar-refractivity contribution in [3.63, 3.8) is 0 Å². The lowest BCUT2D eigenvalue weighted by Gasteiger charge is -2.05. The molecule has 0 aliphatic carbocycles. The van der Waals surface area contributed by atoms with Crippen LogP contribution >= 0.6 is 15.9 Å². The van der Waals surface area contributed by atoms with Crippen molar-refractivity contribution in [3.05, 3.63) is 34.3 Å². The summed E-state index contributed by atoms with van der Waals surface area (Å²) in [5.41, 5.74) is 0.841. The summed E-state index contributed by atoms with van der Waals surface area (Å²) in [5, 5.41) is 2.70. The maximum Gasteiger partial charge on any atom is 0.244 e. The summed E-state index contributed by atoms with van der Waals surface area (Å²) < 4.78 is 11.0. The highest BCUT2D eigenvalue weighted by Gasteiger charge is 2.01. The minimum atomic E-state index is -0.158. The molecule has 98 valence electrons. The molecule has 1 N–H and O–H groups in total. The maximum absolute atomic E-state index is 11.5. The van der Waals surface area contributed by atoms with Crippen LogP contribution in [0.1, 0.15) is 5.56 Å². The molecule has 1 aromatic carbocycles. The third kappa shape index (κ3) is 4.89. The number of rotatable bonds is 6. The zero-order valence-corrected chi connectivity index (χ0v) is 12.0. The van der Waals surface area contributed by atoms with Crippen LogP contribution in [0, 0.1) is 0 Å². The number of amides is 1. The molecular formula is C13H16BrNO3. The van der Waals surface area contributed by atoms with E-state index in [1.807, 2.05) is 18.2 Å². The van der Waals surface area contributed by atoms with Crippen molar-refractivity contribution in [2.24, 2.45) is 0 Å². The van der Waals surface area contributed by atoms with E-state index in [0.29, 0.717) is 13.2 Å². The first-order valence-electron chi connectivity index (χ1n) is 5.45. The van der Waals surface area contributed by atoms with Crippen molar-refractivity contribution >= 4 is 27.9 Å². The van der Waals surface area contributed by atoms with Crippen LogP contribution in [0.5, 0.6) is 5.75 Å². The summed E-state index contributed by atoms with van der Waals surface area (Å²) in [6.07, 6.45) is 3.19. The van der Waals surface area contributed by atoms with Crippen LogP contribution < -0.4 is 10.1 Å². The fourth-order valence-corrected chi connectivity index (χ4v) is 1.71. The van der Waals surface area contributed by atoms with Gasteiger partial charge in [-0.25, -0.2) is 0 Å². The highest BCUT2D eigenvalue weighted by Crippen LogP contribution is 2.23. The van der Waals surface area contributed by atoms with Crippen LogP contribution in [0.3, 0.4) is 0 Å². The molecule has 18 heavy (non-hydrogen) atoms. The smallest absolute Gasteiger partial charge is 0.244 e. The van der Waals surface area contributed by atoms with Gasteiger partial charge in [0.1, 0.15) is 5.75 Å². The number of ether oxygens (including phenoxy) is 2. The summed E-state index contributed by atoms with van der Waals surface area (Å²) >= 11 is 3.38. The molecule has 0 saturated heterocycles. The number of halogens is 1. The largest absolute Gasteiger partial charge is 0.496 e. The van der Waals surface area contributed by atoms with Crippen LogP contribution in [0.2, 0.25) is 0 Å². The van der Waals surface area contributed by atoms with E-state index in [1.165, 1.54) is 6.08 Å². The number of nitrogens with one attached hydrogen (secondary N) is 1. The Morgan fingerprint density at radius 1 is 1.44 bits per heavy atom. The summed E-state index contributed by atoms with van der Waals surface area (Å²) in [6.45, 7) is 0.995. The predicted molar refractivity (Wildman–Crippen MR) is 74.6 cm³/mol. The van der Waals surface area contributed by atoms with Gasteiger partial charge in [-0.05, 0) is 24.3 Å². The summed E-state index contributed by atoms with van der Waals surface area (Å²) in [6, 6.07) is 5.61. The topological polar surface area (TPSA) is 47.6 Å². The van der Waals surface area contributed by atoms with E-state index in [-0.39, 0.29) is 5.91 Å². The lowest BCUT2D eigenvalue weighted by atomic mass is 10.2. The van der Waals surface area contributed by atoms with E-state index >= 15 is 0 Å². The van der Waals surface area contributed by atoms with Crippen molar-refractivity contribution in [2.75, 3.05) is 27.4 Å². The van der Waals surface area contributed by atoms with Gasteiger partial charge >= 0.3 is 0 Å². The number of hydrogen-bond donors (Lipinski definition) is 1. The fraction of sp³-hybridized carbons (Fsp3) is 0.308. The molecule has 0 aliphatic rings. The van der Waals surface area contributed by atoms with Gasteiger partial charge in [-0.15, -0.1) is 0 Å². The molecule has 1 amide bonds. The number of carbonyl (C=O) groups is 1. The summed E-state index contributed by atoms with van der Waals surface area (Å²) in [4.78, 5) is 11.5. The molecule has 4 nitrogen and oxygen atoms in total. The third-order valence-corrected chi connectivity index (χ3v) is 2.70. The number of hydrogen-bond acceptors (Lipinski definition) is 3. The normalized spacial score (nSPS) is 10.6. The molecule has 0 unspecified atom stereocenters. The third-order valence-electron chi connectivity index (χ3n) is 2.21. The Hall–Kier alpha value is -1.33. The predicted octanol–water partition coefficient (Wildman–Crippen LogP) is 2.23. The number of benzene rings is 1. The van der Waals surface area contributed by atoms with Crippen molar-refractivity contribution in [2.45, 2.75) is 0 Å². The Balaban J connectivity index is 2.65. The Morgan fingerprint density at radius 3 is 2.89 bits per heavy atom. The highest BCUT2D eigenvalue weighted by atomic mass is 79.9. The van der Waals surface area contributed by atoms with E-state index in [1.54, 1.807) is 20.3 Å². The molecular weight excluding hydrogens is 298 g/mol. The Morgan fingerprint density at radius 2 is 2.22 bits per heavy atom. The number of carbonyl (C=O) groups excluding carboxylic acids is 1. The standard InChI is InChI=1S/C13H16BrNO3/c1-17-8-7-15-13(16)6-3-10-9-11(14)4-5-12(10)18-2/h3-6,9H,7-8H2,1-2H3,(H,15,16)/b6-3+. The van der Waals surface area contributed by atoms with Crippen LogP contribution in [-0.4, -0.2) is 33.3 Å². The lowest BCUT2D eigenvalue weighted by molar-refractivity contribution is -0.116. The molecule has 0 aliphatic heterocycles. The Kier molecular flexibility index (Phi) is 6.46. The number of methoxy groups -OCH3 is 2. The van der Waals surface area contributed by atoms with E-state index in [0.717, 1.165) is 15.8 Å². The average Bonchev–Trinajstić information content (AvgIpc) is 2.37. The van der Waals surface area contributed by atoms with Crippen LogP contribution in [-0.2, 0) is 9.53 Å². The second-order valence-electron chi connectivity index (χ2n) is 3.50. The minimum absolute atomic E-state index is 0.158. The SMILES string of the molecule is COCCNC(=O)/C=C/c1cc(Br)ccc1OC. The average molecular weight is 314 g/mol. The molecule has 1 rings (SSSR count). The molecule has 1 aromatic rings. The molecule has 0 saturated carbocycles. The van der Waals surface area contributed by atoms with Crippen molar-refractivity contribution < 1.29 is 14.3 Å². The minimum Gasteiger partial charge on any atom is -0.496 e. The van der Waals surface area contributed by atoms with Gasteiger partial charge in [0.25, 0.3) is 0 Å². The van der Waals surface area contributed by atoms with Gasteiger partial charge in [0.2, 0.25) is 5.91 Å². The molecule has 0 atom stereocenters. The molecule has 5 heteroatoms. The zero-order chi connectivity index (χ0) is 13.4. The molecule has 0 bridgehead atoms. The van der Waals surface area contributed by atoms with Crippen molar-refractivity contribution in [3.8, 4) is 5.75 Å². The quantitative estimate of drug-likeness (QED) is 0.647. The van der Waals surface area contributed by atoms with Crippen molar-refractivity contribution in [1.29, 1.82) is 0 Å². The van der Waals surface area contributed by atoms with E-state index in [4.69, 9.17) is 9.47 Å². The first-order chi connectivity index (χ1) is 8.67. The summed E-state index contributed by atoms with van der Waals surface area (Å²) in [7, 11) is 3.19. The van der Waals surface area contributed by atoms with E-state index < -0.39 is 0 Å². The maximum atomic E-state index is 11.5. The molecule has 0 spiro atoms. The first kappa shape index (κ1) is 14.7. The highest BCUT2D eigenvalue weighted by molar-refractivity contribution is 9.10. The van der Waals surface area contributed by atoms with E-state index in [9.17, 15) is 4.79 Å². The van der Waals surface area contributed by atoms with Gasteiger partial charge < -0.3 is 14.8 Å². The molecule has 0 aromatic heterocycles. The van der Waals surface area contributed by atoms with Gasteiger partial charge in [-0.2, -0.15) is 0 Å². The van der Waals surface area contributed by atoms with Gasteiger partial charge in [0, 0.05) is 29.8 Å². The molecule has 0 heterocycles. The van der Waals surface area contributed by atoms with Crippen LogP contribution in [0.4, 0.5) is 0 Å². The molecule has 0 radical (unpaired) electrons. The van der Waals surface area contributed by atoms with E-state index in [2.05, 4.69) is 21.2 Å². The van der Waals surface area contributed by atoms with Crippen molar-refractivity contribution in [1.82, 2.24) is 5.32 Å². The second kappa shape index (κ2) is 7.89.